The number of rotatable bonds is 8. The van der Waals surface area contributed by atoms with Gasteiger partial charge < -0.3 is 24.8 Å². The van der Waals surface area contributed by atoms with Crippen molar-refractivity contribution >= 4 is 23.5 Å². The molecule has 0 unspecified atom stereocenters. The van der Waals surface area contributed by atoms with Crippen LogP contribution < -0.4 is 5.32 Å². The molecule has 1 amide bonds. The van der Waals surface area contributed by atoms with E-state index in [1.54, 1.807) is 24.3 Å². The maximum absolute atomic E-state index is 12.7. The fourth-order valence-electron chi connectivity index (χ4n) is 6.95. The lowest BCUT2D eigenvalue weighted by atomic mass is 9.50. The number of ether oxygens (including phenoxy) is 2. The fourth-order valence-corrected chi connectivity index (χ4v) is 6.95. The zero-order valence-corrected chi connectivity index (χ0v) is 19.5. The Kier molecular flexibility index (Phi) is 6.10. The minimum absolute atomic E-state index is 0.0726. The molecule has 4 saturated carbocycles. The van der Waals surface area contributed by atoms with E-state index in [1.807, 2.05) is 0 Å². The summed E-state index contributed by atoms with van der Waals surface area (Å²) in [5, 5.41) is 12.2. The van der Waals surface area contributed by atoms with Crippen LogP contribution in [0.4, 0.5) is 5.69 Å². The number of aliphatic hydroxyl groups is 1. The van der Waals surface area contributed by atoms with Crippen molar-refractivity contribution in [2.24, 2.45) is 23.2 Å². The van der Waals surface area contributed by atoms with Gasteiger partial charge in [-0.25, -0.2) is 9.59 Å². The Morgan fingerprint density at radius 1 is 1.06 bits per heavy atom. The van der Waals surface area contributed by atoms with Crippen LogP contribution in [0.1, 0.15) is 48.9 Å². The summed E-state index contributed by atoms with van der Waals surface area (Å²) in [6, 6.07) is 6.69. The zero-order chi connectivity index (χ0) is 23.9. The van der Waals surface area contributed by atoms with Crippen LogP contribution in [-0.2, 0) is 19.1 Å². The number of hydrogen-bond acceptors (Lipinski definition) is 7. The average molecular weight is 469 g/mol. The molecule has 4 aliphatic carbocycles. The summed E-state index contributed by atoms with van der Waals surface area (Å²) >= 11 is 0. The minimum atomic E-state index is -0.596. The molecule has 0 spiro atoms. The van der Waals surface area contributed by atoms with Crippen molar-refractivity contribution in [3.8, 4) is 0 Å². The summed E-state index contributed by atoms with van der Waals surface area (Å²) in [5.41, 5.74) is 1.52. The van der Waals surface area contributed by atoms with Gasteiger partial charge in [0.1, 0.15) is 5.70 Å². The van der Waals surface area contributed by atoms with Gasteiger partial charge in [0.2, 0.25) is 0 Å². The molecule has 0 saturated heterocycles. The number of benzene rings is 1. The number of carbonyl (C=O) groups is 3. The number of amides is 1. The number of nitrogens with one attached hydrogen (secondary N) is 1. The predicted molar refractivity (Wildman–Crippen MR) is 124 cm³/mol. The monoisotopic (exact) mass is 468 g/mol. The second-order valence-electron chi connectivity index (χ2n) is 10.5. The molecule has 0 radical (unpaired) electrons. The Morgan fingerprint density at radius 3 is 2.24 bits per heavy atom. The maximum atomic E-state index is 12.7. The lowest BCUT2D eigenvalue weighted by Gasteiger charge is -2.56. The molecule has 1 aromatic rings. The van der Waals surface area contributed by atoms with E-state index in [0.717, 1.165) is 17.8 Å². The van der Waals surface area contributed by atoms with Crippen LogP contribution >= 0.6 is 0 Å². The summed E-state index contributed by atoms with van der Waals surface area (Å²) in [6.07, 6.45) is 7.64. The number of hydrogen-bond donors (Lipinski definition) is 2. The van der Waals surface area contributed by atoms with Crippen LogP contribution in [0.3, 0.4) is 0 Å². The molecule has 0 aromatic heterocycles. The van der Waals surface area contributed by atoms with E-state index < -0.39 is 5.97 Å². The van der Waals surface area contributed by atoms with E-state index in [2.05, 4.69) is 5.32 Å². The topological polar surface area (TPSA) is 105 Å². The zero-order valence-electron chi connectivity index (χ0n) is 19.5. The maximum Gasteiger partial charge on any atom is 0.338 e. The van der Waals surface area contributed by atoms with Crippen LogP contribution in [0.15, 0.2) is 35.5 Å². The first-order chi connectivity index (χ1) is 16.4. The summed E-state index contributed by atoms with van der Waals surface area (Å²) in [4.78, 5) is 38.9. The number of esters is 2. The standard InChI is InChI=1S/C26H32N2O6/c1-33-25(32)21-14-28(6-7-29)23(30)22(21)27-20-4-2-19(3-5-20)24(31)34-15-26-11-16-8-17(12-26)10-18(9-16)13-26/h2-5,16-18,27,29H,6-15H2,1H3. The van der Waals surface area contributed by atoms with Crippen molar-refractivity contribution in [3.05, 3.63) is 41.1 Å². The molecule has 0 atom stereocenters. The highest BCUT2D eigenvalue weighted by atomic mass is 16.5. The molecule has 182 valence electrons. The van der Waals surface area contributed by atoms with E-state index in [9.17, 15) is 19.5 Å². The molecule has 34 heavy (non-hydrogen) atoms. The fraction of sp³-hybridized carbons (Fsp3) is 0.577. The van der Waals surface area contributed by atoms with Crippen molar-refractivity contribution in [2.45, 2.75) is 38.5 Å². The van der Waals surface area contributed by atoms with Crippen LogP contribution in [-0.4, -0.2) is 61.3 Å². The summed E-state index contributed by atoms with van der Waals surface area (Å²) < 4.78 is 10.6. The molecule has 2 N–H and O–H groups in total. The third-order valence-electron chi connectivity index (χ3n) is 8.02. The van der Waals surface area contributed by atoms with Gasteiger partial charge in [-0.2, -0.15) is 0 Å². The first-order valence-corrected chi connectivity index (χ1v) is 12.2. The van der Waals surface area contributed by atoms with Gasteiger partial charge in [0.05, 0.1) is 38.0 Å². The van der Waals surface area contributed by atoms with Crippen LogP contribution in [0.2, 0.25) is 0 Å². The minimum Gasteiger partial charge on any atom is -0.466 e. The van der Waals surface area contributed by atoms with Gasteiger partial charge in [0.15, 0.2) is 0 Å². The lowest BCUT2D eigenvalue weighted by molar-refractivity contribution is -0.136. The normalized spacial score (nSPS) is 29.5. The van der Waals surface area contributed by atoms with E-state index in [1.165, 1.54) is 50.5 Å². The van der Waals surface area contributed by atoms with Crippen LogP contribution in [0.5, 0.6) is 0 Å². The number of methoxy groups -OCH3 is 1. The van der Waals surface area contributed by atoms with Crippen LogP contribution in [0, 0.1) is 23.2 Å². The Balaban J connectivity index is 1.22. The first-order valence-electron chi connectivity index (χ1n) is 12.2. The number of nitrogens with zero attached hydrogens (tertiary/aromatic N) is 1. The van der Waals surface area contributed by atoms with Crippen molar-refractivity contribution < 1.29 is 29.0 Å². The summed E-state index contributed by atoms with van der Waals surface area (Å²) in [7, 11) is 1.26. The molecule has 8 heteroatoms. The molecule has 8 nitrogen and oxygen atoms in total. The predicted octanol–water partition coefficient (Wildman–Crippen LogP) is 2.73. The Hall–Kier alpha value is -2.87. The molecule has 6 rings (SSSR count). The second-order valence-corrected chi connectivity index (χ2v) is 10.5. The first kappa shape index (κ1) is 22.9. The van der Waals surface area contributed by atoms with E-state index in [4.69, 9.17) is 9.47 Å². The quantitative estimate of drug-likeness (QED) is 0.565. The smallest absolute Gasteiger partial charge is 0.338 e. The highest BCUT2D eigenvalue weighted by Gasteiger charge is 2.51. The Bertz CT molecular complexity index is 979. The molecular formula is C26H32N2O6. The lowest BCUT2D eigenvalue weighted by Crippen LogP contribution is -2.48. The van der Waals surface area contributed by atoms with Crippen molar-refractivity contribution in [1.29, 1.82) is 0 Å². The molecule has 1 aromatic carbocycles. The average Bonchev–Trinajstić information content (AvgIpc) is 3.12. The number of anilines is 1. The van der Waals surface area contributed by atoms with Gasteiger partial charge in [-0.1, -0.05) is 0 Å². The Labute approximate surface area is 199 Å². The molecule has 1 heterocycles. The van der Waals surface area contributed by atoms with Gasteiger partial charge in [-0.05, 0) is 80.5 Å². The van der Waals surface area contributed by atoms with Crippen molar-refractivity contribution in [2.75, 3.05) is 38.7 Å². The highest BCUT2D eigenvalue weighted by Crippen LogP contribution is 2.60. The second kappa shape index (κ2) is 9.06. The molecular weight excluding hydrogens is 436 g/mol. The number of carbonyl (C=O) groups excluding carboxylic acids is 3. The largest absolute Gasteiger partial charge is 0.466 e. The summed E-state index contributed by atoms with van der Waals surface area (Å²) in [6.45, 7) is 0.496. The summed E-state index contributed by atoms with van der Waals surface area (Å²) in [5.74, 6) is 1.13. The van der Waals surface area contributed by atoms with Crippen molar-refractivity contribution in [3.63, 3.8) is 0 Å². The number of β-amino-alcohol motifs (C(OH)–C–C–N with tert-alkyl or cyclic N) is 1. The van der Waals surface area contributed by atoms with E-state index >= 15 is 0 Å². The van der Waals surface area contributed by atoms with Gasteiger partial charge in [-0.15, -0.1) is 0 Å². The Morgan fingerprint density at radius 2 is 1.68 bits per heavy atom. The highest BCUT2D eigenvalue weighted by molar-refractivity contribution is 6.08. The third-order valence-corrected chi connectivity index (χ3v) is 8.02. The molecule has 4 bridgehead atoms. The SMILES string of the molecule is COC(=O)C1=C(Nc2ccc(C(=O)OCC34CC5CC(CC(C5)C3)C4)cc2)C(=O)N(CCO)C1. The van der Waals surface area contributed by atoms with Gasteiger partial charge in [0.25, 0.3) is 5.91 Å². The van der Waals surface area contributed by atoms with E-state index in [0.29, 0.717) is 17.9 Å². The van der Waals surface area contributed by atoms with Gasteiger partial charge in [0, 0.05) is 17.6 Å². The molecule has 4 fully saturated rings. The van der Waals surface area contributed by atoms with Gasteiger partial charge >= 0.3 is 11.9 Å². The van der Waals surface area contributed by atoms with Gasteiger partial charge in [-0.3, -0.25) is 4.79 Å². The third kappa shape index (κ3) is 4.31. The van der Waals surface area contributed by atoms with Crippen molar-refractivity contribution in [1.82, 2.24) is 4.90 Å². The molecule has 1 aliphatic heterocycles. The number of aliphatic hydroxyl groups excluding tert-OH is 1. The van der Waals surface area contributed by atoms with E-state index in [-0.39, 0.29) is 48.3 Å². The van der Waals surface area contributed by atoms with Crippen LogP contribution in [0.25, 0.3) is 0 Å². The molecule has 5 aliphatic rings.